The fraction of sp³-hybridized carbons (Fsp3) is 0.250. The van der Waals surface area contributed by atoms with Crippen molar-refractivity contribution in [3.63, 3.8) is 0 Å². The van der Waals surface area contributed by atoms with Gasteiger partial charge < -0.3 is 19.4 Å². The van der Waals surface area contributed by atoms with E-state index in [1.54, 1.807) is 12.1 Å². The van der Waals surface area contributed by atoms with Gasteiger partial charge in [0, 0.05) is 21.8 Å². The molecule has 3 rings (SSSR count). The molecule has 0 amide bonds. The first kappa shape index (κ1) is 27.3. The van der Waals surface area contributed by atoms with Gasteiger partial charge in [0.1, 0.15) is 5.76 Å². The third-order valence-electron chi connectivity index (χ3n) is 4.69. The highest BCUT2D eigenvalue weighted by Crippen LogP contribution is 2.19. The average Bonchev–Trinajstić information content (AvgIpc) is 2.76. The number of carboxylic acid groups (broad SMARTS) is 2. The zero-order chi connectivity index (χ0) is 25.3. The molecule has 10 heteroatoms. The van der Waals surface area contributed by atoms with Crippen molar-refractivity contribution in [2.45, 2.75) is 32.1 Å². The van der Waals surface area contributed by atoms with E-state index in [4.69, 9.17) is 14.6 Å². The Balaban J connectivity index is 0.000000257. The number of benzene rings is 2. The van der Waals surface area contributed by atoms with Gasteiger partial charge in [-0.05, 0) is 66.3 Å². The Hall–Kier alpha value is -2.98. The topological polar surface area (TPSA) is 131 Å². The standard InChI is InChI=1S/C15H15BrO4.C9H7BrO4/c1-19-14(17)5-3-2-4-12-9-10-8-11(16)6-7-13(10)15(18)20-12;10-6-1-2-7(9(13)14)5(3-6)4-8(11)12/h6-9H,2-5H2,1H3;1-3H,4H2,(H,11,12)(H,13,14). The van der Waals surface area contributed by atoms with Crippen molar-refractivity contribution in [2.75, 3.05) is 7.11 Å². The number of fused-ring (bicyclic) bond motifs is 1. The van der Waals surface area contributed by atoms with E-state index in [-0.39, 0.29) is 23.6 Å². The zero-order valence-electron chi connectivity index (χ0n) is 18.2. The van der Waals surface area contributed by atoms with Crippen LogP contribution in [0.25, 0.3) is 10.8 Å². The maximum absolute atomic E-state index is 11.8. The highest BCUT2D eigenvalue weighted by atomic mass is 79.9. The van der Waals surface area contributed by atoms with Crippen molar-refractivity contribution >= 4 is 60.5 Å². The monoisotopic (exact) mass is 596 g/mol. The minimum Gasteiger partial charge on any atom is -0.481 e. The summed E-state index contributed by atoms with van der Waals surface area (Å²) >= 11 is 6.53. The molecule has 1 heterocycles. The van der Waals surface area contributed by atoms with Crippen LogP contribution in [0.3, 0.4) is 0 Å². The molecule has 0 fully saturated rings. The number of esters is 1. The van der Waals surface area contributed by atoms with Crippen LogP contribution in [0.15, 0.2) is 60.6 Å². The first-order chi connectivity index (χ1) is 16.1. The molecule has 0 aliphatic rings. The van der Waals surface area contributed by atoms with Gasteiger partial charge in [0.05, 0.1) is 24.5 Å². The lowest BCUT2D eigenvalue weighted by Crippen LogP contribution is -2.07. The molecule has 0 bridgehead atoms. The maximum Gasteiger partial charge on any atom is 0.343 e. The Bertz CT molecular complexity index is 1250. The quantitative estimate of drug-likeness (QED) is 0.267. The van der Waals surface area contributed by atoms with Crippen molar-refractivity contribution in [2.24, 2.45) is 0 Å². The second kappa shape index (κ2) is 13.0. The highest BCUT2D eigenvalue weighted by Gasteiger charge is 2.12. The number of aliphatic carboxylic acids is 1. The summed E-state index contributed by atoms with van der Waals surface area (Å²) < 4.78 is 11.4. The molecule has 2 N–H and O–H groups in total. The predicted molar refractivity (Wildman–Crippen MR) is 132 cm³/mol. The average molecular weight is 598 g/mol. The molecular weight excluding hydrogens is 576 g/mol. The molecule has 0 aliphatic heterocycles. The number of carbonyl (C=O) groups excluding carboxylic acids is 1. The van der Waals surface area contributed by atoms with Gasteiger partial charge in [0.15, 0.2) is 0 Å². The van der Waals surface area contributed by atoms with Crippen LogP contribution in [-0.4, -0.2) is 35.2 Å². The van der Waals surface area contributed by atoms with Crippen molar-refractivity contribution in [3.05, 3.63) is 78.7 Å². The van der Waals surface area contributed by atoms with E-state index in [1.165, 1.54) is 19.2 Å². The molecule has 0 spiro atoms. The largest absolute Gasteiger partial charge is 0.481 e. The fourth-order valence-corrected chi connectivity index (χ4v) is 3.88. The number of hydrogen-bond donors (Lipinski definition) is 2. The van der Waals surface area contributed by atoms with E-state index in [2.05, 4.69) is 36.6 Å². The number of rotatable bonds is 8. The minimum absolute atomic E-state index is 0.0237. The third-order valence-corrected chi connectivity index (χ3v) is 5.68. The SMILES string of the molecule is COC(=O)CCCCc1cc2cc(Br)ccc2c(=O)o1.O=C(O)Cc1cc(Br)ccc1C(=O)O. The van der Waals surface area contributed by atoms with Crippen molar-refractivity contribution in [1.29, 1.82) is 0 Å². The molecule has 0 aliphatic carbocycles. The van der Waals surface area contributed by atoms with E-state index in [0.29, 0.717) is 40.4 Å². The third kappa shape index (κ3) is 8.42. The Kier molecular flexibility index (Phi) is 10.5. The van der Waals surface area contributed by atoms with Crippen molar-refractivity contribution < 1.29 is 33.8 Å². The number of unbranched alkanes of at least 4 members (excludes halogenated alkanes) is 1. The Morgan fingerprint density at radius 2 is 1.65 bits per heavy atom. The summed E-state index contributed by atoms with van der Waals surface area (Å²) in [4.78, 5) is 44.0. The summed E-state index contributed by atoms with van der Waals surface area (Å²) in [6.07, 6.45) is 2.22. The first-order valence-electron chi connectivity index (χ1n) is 10.1. The van der Waals surface area contributed by atoms with Gasteiger partial charge in [0.25, 0.3) is 0 Å². The normalized spacial score (nSPS) is 10.3. The molecule has 8 nitrogen and oxygen atoms in total. The second-order valence-electron chi connectivity index (χ2n) is 7.19. The van der Waals surface area contributed by atoms with Crippen molar-refractivity contribution in [1.82, 2.24) is 0 Å². The molecular formula is C24H22Br2O8. The summed E-state index contributed by atoms with van der Waals surface area (Å²) in [5.74, 6) is -1.74. The number of methoxy groups -OCH3 is 1. The van der Waals surface area contributed by atoms with Crippen LogP contribution >= 0.6 is 31.9 Å². The zero-order valence-corrected chi connectivity index (χ0v) is 21.3. The van der Waals surface area contributed by atoms with Gasteiger partial charge in [-0.1, -0.05) is 31.9 Å². The number of halogens is 2. The lowest BCUT2D eigenvalue weighted by Gasteiger charge is -2.03. The van der Waals surface area contributed by atoms with E-state index in [1.807, 2.05) is 18.2 Å². The molecule has 2 aromatic carbocycles. The van der Waals surface area contributed by atoms with Crippen LogP contribution in [0, 0.1) is 0 Å². The summed E-state index contributed by atoms with van der Waals surface area (Å²) in [6.45, 7) is 0. The van der Waals surface area contributed by atoms with Gasteiger partial charge in [-0.3, -0.25) is 9.59 Å². The highest BCUT2D eigenvalue weighted by molar-refractivity contribution is 9.10. The van der Waals surface area contributed by atoms with Crippen molar-refractivity contribution in [3.8, 4) is 0 Å². The molecule has 0 radical (unpaired) electrons. The van der Waals surface area contributed by atoms with E-state index < -0.39 is 11.9 Å². The van der Waals surface area contributed by atoms with Crippen LogP contribution in [-0.2, 0) is 27.2 Å². The van der Waals surface area contributed by atoms with Gasteiger partial charge in [-0.25, -0.2) is 9.59 Å². The summed E-state index contributed by atoms with van der Waals surface area (Å²) in [5.41, 5.74) is -0.00653. The summed E-state index contributed by atoms with van der Waals surface area (Å²) in [6, 6.07) is 11.8. The lowest BCUT2D eigenvalue weighted by molar-refractivity contribution is -0.140. The van der Waals surface area contributed by atoms with Gasteiger partial charge in [0.2, 0.25) is 0 Å². The number of carboxylic acids is 2. The Labute approximate surface area is 211 Å². The number of aryl methyl sites for hydroxylation is 1. The molecule has 180 valence electrons. The number of ether oxygens (including phenoxy) is 1. The first-order valence-corrected chi connectivity index (χ1v) is 11.7. The molecule has 34 heavy (non-hydrogen) atoms. The number of carbonyl (C=O) groups is 3. The van der Waals surface area contributed by atoms with Crippen LogP contribution in [0.1, 0.15) is 40.9 Å². The Morgan fingerprint density at radius 3 is 2.29 bits per heavy atom. The molecule has 0 saturated heterocycles. The maximum atomic E-state index is 11.8. The van der Waals surface area contributed by atoms with Gasteiger partial charge >= 0.3 is 23.5 Å². The minimum atomic E-state index is -1.12. The number of hydrogen-bond acceptors (Lipinski definition) is 6. The fourth-order valence-electron chi connectivity index (χ4n) is 3.09. The summed E-state index contributed by atoms with van der Waals surface area (Å²) in [5, 5.41) is 18.8. The summed E-state index contributed by atoms with van der Waals surface area (Å²) in [7, 11) is 1.38. The molecule has 0 saturated carbocycles. The lowest BCUT2D eigenvalue weighted by atomic mass is 10.1. The van der Waals surface area contributed by atoms with Crippen LogP contribution in [0.2, 0.25) is 0 Å². The molecule has 1 aromatic heterocycles. The smallest absolute Gasteiger partial charge is 0.343 e. The second-order valence-corrected chi connectivity index (χ2v) is 9.02. The van der Waals surface area contributed by atoms with E-state index >= 15 is 0 Å². The van der Waals surface area contributed by atoms with Crippen LogP contribution in [0.4, 0.5) is 0 Å². The molecule has 0 unspecified atom stereocenters. The van der Waals surface area contributed by atoms with Gasteiger partial charge in [-0.15, -0.1) is 0 Å². The molecule has 0 atom stereocenters. The van der Waals surface area contributed by atoms with E-state index in [9.17, 15) is 19.2 Å². The van der Waals surface area contributed by atoms with Crippen LogP contribution in [0.5, 0.6) is 0 Å². The predicted octanol–water partition coefficient (Wildman–Crippen LogP) is 5.22. The van der Waals surface area contributed by atoms with Crippen LogP contribution < -0.4 is 5.63 Å². The van der Waals surface area contributed by atoms with Gasteiger partial charge in [-0.2, -0.15) is 0 Å². The van der Waals surface area contributed by atoms with E-state index in [0.717, 1.165) is 16.3 Å². The molecule has 3 aromatic rings. The Morgan fingerprint density at radius 1 is 0.971 bits per heavy atom. The number of aromatic carboxylic acids is 1.